The molecule has 1 aromatic heterocycles. The van der Waals surface area contributed by atoms with Gasteiger partial charge in [-0.25, -0.2) is 4.79 Å². The molecule has 0 aliphatic carbocycles. The lowest BCUT2D eigenvalue weighted by atomic mass is 9.78. The maximum atomic E-state index is 13.8. The van der Waals surface area contributed by atoms with E-state index in [1.54, 1.807) is 0 Å². The third kappa shape index (κ3) is 3.90. The Kier molecular flexibility index (Phi) is 5.50. The zero-order valence-corrected chi connectivity index (χ0v) is 15.1. The molecule has 6 nitrogen and oxygen atoms in total. The molecule has 0 bridgehead atoms. The van der Waals surface area contributed by atoms with Gasteiger partial charge in [0.15, 0.2) is 5.78 Å². The molecule has 0 spiro atoms. The Morgan fingerprint density at radius 2 is 1.90 bits per heavy atom. The van der Waals surface area contributed by atoms with Gasteiger partial charge in [-0.15, -0.1) is 11.3 Å². The number of aliphatic hydroxyl groups is 1. The molecular weight excluding hydrogens is 423 g/mol. The molecule has 0 radical (unpaired) electrons. The van der Waals surface area contributed by atoms with Gasteiger partial charge in [0.1, 0.15) is 11.7 Å². The number of hydrogen-bond acceptors (Lipinski definition) is 5. The fourth-order valence-corrected chi connectivity index (χ4v) is 3.82. The second-order valence-electron chi connectivity index (χ2n) is 6.08. The predicted octanol–water partition coefficient (Wildman–Crippen LogP) is 3.45. The van der Waals surface area contributed by atoms with Crippen molar-refractivity contribution in [2.45, 2.75) is 24.6 Å². The highest BCUT2D eigenvalue weighted by atomic mass is 32.1. The van der Waals surface area contributed by atoms with Gasteiger partial charge in [-0.1, -0.05) is 24.3 Å². The summed E-state index contributed by atoms with van der Waals surface area (Å²) in [5, 5.41) is 15.3. The van der Waals surface area contributed by atoms with Crippen LogP contribution in [-0.2, 0) is 0 Å². The van der Waals surface area contributed by atoms with Crippen molar-refractivity contribution in [3.8, 4) is 5.75 Å². The second kappa shape index (κ2) is 7.59. The Morgan fingerprint density at radius 3 is 2.48 bits per heavy atom. The fourth-order valence-electron chi connectivity index (χ4n) is 3.11. The van der Waals surface area contributed by atoms with Crippen molar-refractivity contribution in [3.05, 3.63) is 52.2 Å². The SMILES string of the molecule is O=C1N[C@H](c2ccccc2OC(F)F)[C@@H](C(=O)c2cccs2)[C@](O)(C(F)(F)F)N1. The average molecular weight is 436 g/mol. The molecule has 12 heteroatoms. The second-order valence-corrected chi connectivity index (χ2v) is 7.02. The van der Waals surface area contributed by atoms with Gasteiger partial charge in [0.2, 0.25) is 5.72 Å². The van der Waals surface area contributed by atoms with Crippen molar-refractivity contribution in [1.29, 1.82) is 0 Å². The largest absolute Gasteiger partial charge is 0.437 e. The molecule has 1 fully saturated rings. The van der Waals surface area contributed by atoms with E-state index in [2.05, 4.69) is 10.1 Å². The third-order valence-electron chi connectivity index (χ3n) is 4.32. The van der Waals surface area contributed by atoms with Crippen LogP contribution >= 0.6 is 11.3 Å². The number of Topliss-reactive ketones (excluding diaryl/α,β-unsaturated/α-hetero) is 1. The Bertz CT molecular complexity index is 905. The first-order valence-corrected chi connectivity index (χ1v) is 8.92. The topological polar surface area (TPSA) is 87.7 Å². The summed E-state index contributed by atoms with van der Waals surface area (Å²) >= 11 is 0.829. The number of thiophene rings is 1. The van der Waals surface area contributed by atoms with Crippen molar-refractivity contribution >= 4 is 23.2 Å². The fraction of sp³-hybridized carbons (Fsp3) is 0.294. The Morgan fingerprint density at radius 1 is 1.21 bits per heavy atom. The Balaban J connectivity index is 2.18. The van der Waals surface area contributed by atoms with Crippen LogP contribution in [0.25, 0.3) is 0 Å². The number of ketones is 1. The molecule has 2 heterocycles. The molecule has 0 saturated carbocycles. The lowest BCUT2D eigenvalue weighted by molar-refractivity contribution is -0.287. The van der Waals surface area contributed by atoms with E-state index in [1.165, 1.54) is 35.0 Å². The molecule has 1 aliphatic heterocycles. The average Bonchev–Trinajstić information content (AvgIpc) is 3.14. The highest BCUT2D eigenvalue weighted by molar-refractivity contribution is 7.12. The highest BCUT2D eigenvalue weighted by Crippen LogP contribution is 2.46. The van der Waals surface area contributed by atoms with Crippen LogP contribution in [0.1, 0.15) is 21.3 Å². The molecule has 2 aromatic rings. The summed E-state index contributed by atoms with van der Waals surface area (Å²) in [5.41, 5.74) is -4.26. The van der Waals surface area contributed by atoms with Crippen LogP contribution in [0, 0.1) is 5.92 Å². The van der Waals surface area contributed by atoms with Crippen LogP contribution < -0.4 is 15.4 Å². The van der Waals surface area contributed by atoms with Gasteiger partial charge < -0.3 is 20.5 Å². The molecule has 1 aromatic carbocycles. The van der Waals surface area contributed by atoms with Crippen LogP contribution in [0.3, 0.4) is 0 Å². The van der Waals surface area contributed by atoms with E-state index < -0.39 is 48.0 Å². The van der Waals surface area contributed by atoms with Crippen molar-refractivity contribution in [2.24, 2.45) is 5.92 Å². The summed E-state index contributed by atoms with van der Waals surface area (Å²) in [5.74, 6) is -3.99. The van der Waals surface area contributed by atoms with E-state index in [9.17, 15) is 36.6 Å². The number of rotatable bonds is 5. The van der Waals surface area contributed by atoms with E-state index in [0.29, 0.717) is 0 Å². The molecule has 3 rings (SSSR count). The number of para-hydroxylation sites is 1. The minimum Gasteiger partial charge on any atom is -0.434 e. The molecule has 1 saturated heterocycles. The van der Waals surface area contributed by atoms with Crippen molar-refractivity contribution in [1.82, 2.24) is 10.6 Å². The summed E-state index contributed by atoms with van der Waals surface area (Å²) in [6, 6.07) is 4.20. The minimum absolute atomic E-state index is 0.118. The van der Waals surface area contributed by atoms with E-state index in [4.69, 9.17) is 0 Å². The summed E-state index contributed by atoms with van der Waals surface area (Å²) in [6.45, 7) is -3.30. The van der Waals surface area contributed by atoms with Crippen LogP contribution in [0.2, 0.25) is 0 Å². The lowest BCUT2D eigenvalue weighted by Crippen LogP contribution is -2.72. The van der Waals surface area contributed by atoms with Gasteiger partial charge >= 0.3 is 18.8 Å². The number of halogens is 5. The number of nitrogens with one attached hydrogen (secondary N) is 2. The third-order valence-corrected chi connectivity index (χ3v) is 5.21. The number of urea groups is 1. The highest BCUT2D eigenvalue weighted by Gasteiger charge is 2.66. The van der Waals surface area contributed by atoms with Gasteiger partial charge in [-0.05, 0) is 17.5 Å². The molecular formula is C17H13F5N2O4S. The van der Waals surface area contributed by atoms with Crippen molar-refractivity contribution < 1.29 is 41.4 Å². The first-order chi connectivity index (χ1) is 13.5. The van der Waals surface area contributed by atoms with Crippen molar-refractivity contribution in [2.75, 3.05) is 0 Å². The molecule has 29 heavy (non-hydrogen) atoms. The first kappa shape index (κ1) is 21.0. The predicted molar refractivity (Wildman–Crippen MR) is 90.6 cm³/mol. The number of amides is 2. The zero-order chi connectivity index (χ0) is 21.4. The van der Waals surface area contributed by atoms with Gasteiger partial charge in [-0.3, -0.25) is 4.79 Å². The summed E-state index contributed by atoms with van der Waals surface area (Å²) in [6.07, 6.45) is -5.45. The van der Waals surface area contributed by atoms with Crippen molar-refractivity contribution in [3.63, 3.8) is 0 Å². The van der Waals surface area contributed by atoms with Crippen LogP contribution in [-0.4, -0.2) is 35.4 Å². The number of hydrogen-bond donors (Lipinski definition) is 3. The van der Waals surface area contributed by atoms with Crippen LogP contribution in [0.15, 0.2) is 41.8 Å². The minimum atomic E-state index is -5.45. The molecule has 3 N–H and O–H groups in total. The van der Waals surface area contributed by atoms with Crippen LogP contribution in [0.5, 0.6) is 5.75 Å². The normalized spacial score (nSPS) is 24.7. The smallest absolute Gasteiger partial charge is 0.434 e. The van der Waals surface area contributed by atoms with Gasteiger partial charge in [0.05, 0.1) is 10.9 Å². The maximum Gasteiger partial charge on any atom is 0.437 e. The van der Waals surface area contributed by atoms with E-state index >= 15 is 0 Å². The van der Waals surface area contributed by atoms with Crippen LogP contribution in [0.4, 0.5) is 26.7 Å². The first-order valence-electron chi connectivity index (χ1n) is 8.04. The van der Waals surface area contributed by atoms with Gasteiger partial charge in [0, 0.05) is 5.56 Å². The molecule has 156 valence electrons. The quantitative estimate of drug-likeness (QED) is 0.495. The number of ether oxygens (including phenoxy) is 1. The molecule has 0 unspecified atom stereocenters. The molecule has 1 aliphatic rings. The zero-order valence-electron chi connectivity index (χ0n) is 14.2. The Hall–Kier alpha value is -2.73. The van der Waals surface area contributed by atoms with E-state index in [1.807, 2.05) is 0 Å². The number of benzene rings is 1. The standard InChI is InChI=1S/C17H13F5N2O4S/c18-14(19)28-9-5-2-1-4-8(9)12-11(13(25)10-6-3-7-29-10)16(27,17(20,21)22)24-15(26)23-12/h1-7,11-12,14,27H,(H2,23,24,26)/t11-,12+,16-/m0/s1. The number of carbonyl (C=O) groups is 2. The molecule has 2 amide bonds. The summed E-state index contributed by atoms with van der Waals surface area (Å²) < 4.78 is 71.1. The van der Waals surface area contributed by atoms with E-state index in [0.717, 1.165) is 23.5 Å². The number of alkyl halides is 5. The summed E-state index contributed by atoms with van der Waals surface area (Å²) in [7, 11) is 0. The van der Waals surface area contributed by atoms with Gasteiger partial charge in [-0.2, -0.15) is 22.0 Å². The monoisotopic (exact) mass is 436 g/mol. The molecule has 3 atom stereocenters. The van der Waals surface area contributed by atoms with Gasteiger partial charge in [0.25, 0.3) is 0 Å². The summed E-state index contributed by atoms with van der Waals surface area (Å²) in [4.78, 5) is 24.7. The maximum absolute atomic E-state index is 13.8. The Labute approximate surface area is 164 Å². The van der Waals surface area contributed by atoms with E-state index in [-0.39, 0.29) is 10.4 Å². The number of carbonyl (C=O) groups excluding carboxylic acids is 2. The lowest BCUT2D eigenvalue weighted by Gasteiger charge is -2.45.